The van der Waals surface area contributed by atoms with Crippen molar-refractivity contribution in [3.63, 3.8) is 0 Å². The van der Waals surface area contributed by atoms with Crippen LogP contribution in [0.3, 0.4) is 0 Å². The van der Waals surface area contributed by atoms with E-state index in [0.29, 0.717) is 28.8 Å². The molecule has 46 heavy (non-hydrogen) atoms. The summed E-state index contributed by atoms with van der Waals surface area (Å²) in [5, 5.41) is 2.90. The van der Waals surface area contributed by atoms with Crippen molar-refractivity contribution in [1.29, 1.82) is 0 Å². The third-order valence-corrected chi connectivity index (χ3v) is 7.96. The van der Waals surface area contributed by atoms with Gasteiger partial charge in [0.05, 0.1) is 29.8 Å². The fourth-order valence-electron chi connectivity index (χ4n) is 5.56. The Morgan fingerprint density at radius 1 is 0.957 bits per heavy atom. The maximum absolute atomic E-state index is 14.7. The van der Waals surface area contributed by atoms with E-state index in [1.165, 1.54) is 36.3 Å². The SMILES string of the molecule is COc1ccc(CN2C(=O)c3c(c(NC(=O)c4cc(F)cc(C(F)(F)F)c4)cc4ccc(=O)[nH]c34)C2c2cc(F)ccc2Cl)cc1. The summed E-state index contributed by atoms with van der Waals surface area (Å²) in [6.45, 7) is -0.0419. The Morgan fingerprint density at radius 3 is 2.39 bits per heavy atom. The summed E-state index contributed by atoms with van der Waals surface area (Å²) in [6.07, 6.45) is -4.93. The van der Waals surface area contributed by atoms with Crippen LogP contribution in [0, 0.1) is 11.6 Å². The van der Waals surface area contributed by atoms with Gasteiger partial charge in [0.1, 0.15) is 17.4 Å². The number of fused-ring (bicyclic) bond motifs is 3. The number of carbonyl (C=O) groups is 2. The van der Waals surface area contributed by atoms with Crippen LogP contribution in [-0.4, -0.2) is 28.8 Å². The molecule has 2 heterocycles. The molecule has 2 N–H and O–H groups in total. The van der Waals surface area contributed by atoms with Crippen molar-refractivity contribution in [2.75, 3.05) is 12.4 Å². The lowest BCUT2D eigenvalue weighted by Crippen LogP contribution is -2.29. The number of carbonyl (C=O) groups excluding carboxylic acids is 2. The van der Waals surface area contributed by atoms with Gasteiger partial charge in [-0.25, -0.2) is 8.78 Å². The first-order chi connectivity index (χ1) is 21.8. The molecule has 1 aromatic heterocycles. The van der Waals surface area contributed by atoms with Crippen LogP contribution in [0.25, 0.3) is 10.9 Å². The van der Waals surface area contributed by atoms with Gasteiger partial charge in [-0.1, -0.05) is 23.7 Å². The number of methoxy groups -OCH3 is 1. The lowest BCUT2D eigenvalue weighted by molar-refractivity contribution is -0.137. The average Bonchev–Trinajstić information content (AvgIpc) is 3.30. The molecule has 0 saturated carbocycles. The number of amides is 2. The second-order valence-electron chi connectivity index (χ2n) is 10.5. The van der Waals surface area contributed by atoms with E-state index in [1.54, 1.807) is 24.3 Å². The summed E-state index contributed by atoms with van der Waals surface area (Å²) < 4.78 is 74.4. The minimum Gasteiger partial charge on any atom is -0.497 e. The molecule has 0 spiro atoms. The van der Waals surface area contributed by atoms with Crippen LogP contribution >= 0.6 is 11.6 Å². The van der Waals surface area contributed by atoms with Crippen LogP contribution in [0.1, 0.15) is 49.0 Å². The molecule has 0 bridgehead atoms. The molecule has 1 aliphatic heterocycles. The van der Waals surface area contributed by atoms with Gasteiger partial charge in [-0.2, -0.15) is 13.2 Å². The number of aromatic amines is 1. The Hall–Kier alpha value is -5.23. The van der Waals surface area contributed by atoms with Crippen molar-refractivity contribution in [2.24, 2.45) is 0 Å². The molecular formula is C33H21ClF5N3O4. The fourth-order valence-corrected chi connectivity index (χ4v) is 5.78. The van der Waals surface area contributed by atoms with E-state index in [-0.39, 0.29) is 45.5 Å². The van der Waals surface area contributed by atoms with Gasteiger partial charge in [0.2, 0.25) is 5.56 Å². The van der Waals surface area contributed by atoms with Crippen LogP contribution in [0.15, 0.2) is 83.7 Å². The number of alkyl halides is 3. The zero-order valence-electron chi connectivity index (χ0n) is 23.6. The molecule has 6 rings (SSSR count). The number of anilines is 1. The highest BCUT2D eigenvalue weighted by Crippen LogP contribution is 2.48. The largest absolute Gasteiger partial charge is 0.497 e. The van der Waals surface area contributed by atoms with Gasteiger partial charge >= 0.3 is 6.18 Å². The summed E-state index contributed by atoms with van der Waals surface area (Å²) in [5.74, 6) is -3.12. The van der Waals surface area contributed by atoms with Gasteiger partial charge in [0.15, 0.2) is 0 Å². The van der Waals surface area contributed by atoms with Crippen molar-refractivity contribution < 1.29 is 36.3 Å². The normalized spacial score (nSPS) is 14.5. The third-order valence-electron chi connectivity index (χ3n) is 7.62. The Morgan fingerprint density at radius 2 is 1.70 bits per heavy atom. The maximum Gasteiger partial charge on any atom is 0.416 e. The Bertz CT molecular complexity index is 2100. The zero-order valence-corrected chi connectivity index (χ0v) is 24.4. The first kappa shape index (κ1) is 30.8. The van der Waals surface area contributed by atoms with E-state index in [2.05, 4.69) is 10.3 Å². The number of hydrogen-bond donors (Lipinski definition) is 2. The second-order valence-corrected chi connectivity index (χ2v) is 10.9. The number of aromatic nitrogens is 1. The highest BCUT2D eigenvalue weighted by Gasteiger charge is 2.43. The predicted molar refractivity (Wildman–Crippen MR) is 160 cm³/mol. The zero-order chi connectivity index (χ0) is 32.9. The Balaban J connectivity index is 1.56. The summed E-state index contributed by atoms with van der Waals surface area (Å²) in [6, 6.07) is 14.6. The number of rotatable bonds is 6. The van der Waals surface area contributed by atoms with Crippen molar-refractivity contribution in [2.45, 2.75) is 18.8 Å². The lowest BCUT2D eigenvalue weighted by Gasteiger charge is -2.28. The van der Waals surface area contributed by atoms with Crippen LogP contribution < -0.4 is 15.6 Å². The van der Waals surface area contributed by atoms with Gasteiger partial charge in [-0.15, -0.1) is 0 Å². The molecule has 0 fully saturated rings. The highest BCUT2D eigenvalue weighted by atomic mass is 35.5. The summed E-state index contributed by atoms with van der Waals surface area (Å²) in [4.78, 5) is 44.1. The smallest absolute Gasteiger partial charge is 0.416 e. The minimum atomic E-state index is -4.93. The molecule has 0 aliphatic carbocycles. The van der Waals surface area contributed by atoms with E-state index in [1.807, 2.05) is 0 Å². The molecule has 13 heteroatoms. The standard InChI is InChI=1S/C33H21ClF5N3O4/c1-46-22-6-2-16(3-7-22)15-42-30(23-14-20(35)5-8-24(23)34)27-25(12-17-4-9-26(43)41-29(17)28(27)32(42)45)40-31(44)18-10-19(33(37,38)39)13-21(36)11-18/h2-14,30H,15H2,1H3,(H,40,44)(H,41,43). The van der Waals surface area contributed by atoms with E-state index >= 15 is 0 Å². The van der Waals surface area contributed by atoms with Crippen LogP contribution in [0.5, 0.6) is 5.75 Å². The molecule has 4 aromatic carbocycles. The topological polar surface area (TPSA) is 91.5 Å². The van der Waals surface area contributed by atoms with Crippen molar-refractivity contribution in [1.82, 2.24) is 9.88 Å². The number of ether oxygens (including phenoxy) is 1. The summed E-state index contributed by atoms with van der Waals surface area (Å²) >= 11 is 6.56. The van der Waals surface area contributed by atoms with E-state index in [4.69, 9.17) is 16.3 Å². The molecule has 234 valence electrons. The van der Waals surface area contributed by atoms with Gasteiger partial charge < -0.3 is 19.9 Å². The monoisotopic (exact) mass is 653 g/mol. The number of H-pyrrole nitrogens is 1. The molecular weight excluding hydrogens is 633 g/mol. The number of nitrogens with zero attached hydrogens (tertiary/aromatic N) is 1. The molecule has 5 aromatic rings. The molecule has 2 amide bonds. The van der Waals surface area contributed by atoms with E-state index in [0.717, 1.165) is 12.1 Å². The van der Waals surface area contributed by atoms with Crippen LogP contribution in [-0.2, 0) is 12.7 Å². The van der Waals surface area contributed by atoms with Gasteiger partial charge in [-0.05, 0) is 66.2 Å². The molecule has 0 radical (unpaired) electrons. The molecule has 1 aliphatic rings. The van der Waals surface area contributed by atoms with Crippen LogP contribution in [0.2, 0.25) is 5.02 Å². The summed E-state index contributed by atoms with van der Waals surface area (Å²) in [5.41, 5.74) is -1.64. The number of halogens is 6. The Kier molecular flexibility index (Phi) is 7.77. The summed E-state index contributed by atoms with van der Waals surface area (Å²) in [7, 11) is 1.49. The van der Waals surface area contributed by atoms with Crippen molar-refractivity contribution >= 4 is 40.0 Å². The molecule has 1 atom stereocenters. The lowest BCUT2D eigenvalue weighted by atomic mass is 9.93. The van der Waals surface area contributed by atoms with E-state index in [9.17, 15) is 36.3 Å². The molecule has 1 unspecified atom stereocenters. The maximum atomic E-state index is 14.7. The van der Waals surface area contributed by atoms with Gasteiger partial charge in [-0.3, -0.25) is 14.4 Å². The van der Waals surface area contributed by atoms with Crippen LogP contribution in [0.4, 0.5) is 27.6 Å². The molecule has 0 saturated heterocycles. The number of benzene rings is 4. The fraction of sp³-hybridized carbons (Fsp3) is 0.121. The van der Waals surface area contributed by atoms with Crippen molar-refractivity contribution in [3.05, 3.63) is 139 Å². The average molecular weight is 654 g/mol. The van der Waals surface area contributed by atoms with E-state index < -0.39 is 52.4 Å². The highest BCUT2D eigenvalue weighted by molar-refractivity contribution is 6.31. The second kappa shape index (κ2) is 11.6. The predicted octanol–water partition coefficient (Wildman–Crippen LogP) is 7.48. The van der Waals surface area contributed by atoms with Crippen molar-refractivity contribution in [3.8, 4) is 5.75 Å². The quantitative estimate of drug-likeness (QED) is 0.186. The Labute approximate surface area is 262 Å². The number of pyridine rings is 1. The van der Waals surface area contributed by atoms with Gasteiger partial charge in [0, 0.05) is 45.4 Å². The number of hydrogen-bond acceptors (Lipinski definition) is 4. The minimum absolute atomic E-state index is 0.0419. The third kappa shape index (κ3) is 5.67. The first-order valence-corrected chi connectivity index (χ1v) is 14.0. The molecule has 7 nitrogen and oxygen atoms in total. The van der Waals surface area contributed by atoms with Gasteiger partial charge in [0.25, 0.3) is 11.8 Å². The first-order valence-electron chi connectivity index (χ1n) is 13.6. The number of nitrogens with one attached hydrogen (secondary N) is 2.